The number of aromatic nitrogens is 2. The van der Waals surface area contributed by atoms with E-state index in [1.807, 2.05) is 13.8 Å². The van der Waals surface area contributed by atoms with Crippen LogP contribution in [0.3, 0.4) is 0 Å². The van der Waals surface area contributed by atoms with Gasteiger partial charge in [0, 0.05) is 12.1 Å². The summed E-state index contributed by atoms with van der Waals surface area (Å²) < 4.78 is 1.70. The van der Waals surface area contributed by atoms with Crippen molar-refractivity contribution in [2.45, 2.75) is 59.5 Å². The minimum atomic E-state index is -0.355. The first-order chi connectivity index (χ1) is 8.42. The molecule has 0 radical (unpaired) electrons. The molecule has 0 atom stereocenters. The molecule has 0 aromatic carbocycles. The molecule has 0 aliphatic carbocycles. The topological polar surface area (TPSA) is 73.0 Å². The molecule has 1 rings (SSSR count). The number of nitrogens with one attached hydrogen (secondary N) is 1. The molecule has 0 spiro atoms. The van der Waals surface area contributed by atoms with Crippen molar-refractivity contribution in [1.82, 2.24) is 9.78 Å². The van der Waals surface area contributed by atoms with Crippen LogP contribution < -0.4 is 5.32 Å². The standard InChI is InChI=1S/C12H22N4O2/c1-6-10(7-2)13-12-11(16(17)18)9(5)14-15(12)8(3)4/h8,10,13H,6-7H2,1-5H3. The molecule has 1 aromatic heterocycles. The summed E-state index contributed by atoms with van der Waals surface area (Å²) in [5.74, 6) is 0.529. The Balaban J connectivity index is 3.23. The van der Waals surface area contributed by atoms with Crippen LogP contribution in [0.5, 0.6) is 0 Å². The Morgan fingerprint density at radius 3 is 2.33 bits per heavy atom. The lowest BCUT2D eigenvalue weighted by Crippen LogP contribution is -2.21. The number of rotatable bonds is 6. The maximum absolute atomic E-state index is 11.1. The monoisotopic (exact) mass is 254 g/mol. The Labute approximate surface area is 108 Å². The van der Waals surface area contributed by atoms with E-state index in [1.54, 1.807) is 11.6 Å². The highest BCUT2D eigenvalue weighted by molar-refractivity contribution is 5.60. The van der Waals surface area contributed by atoms with Gasteiger partial charge in [0.25, 0.3) is 0 Å². The van der Waals surface area contributed by atoms with E-state index in [2.05, 4.69) is 24.3 Å². The predicted octanol–water partition coefficient (Wildman–Crippen LogP) is 3.28. The van der Waals surface area contributed by atoms with E-state index in [0.29, 0.717) is 11.5 Å². The lowest BCUT2D eigenvalue weighted by atomic mass is 10.2. The van der Waals surface area contributed by atoms with E-state index in [0.717, 1.165) is 12.8 Å². The van der Waals surface area contributed by atoms with Gasteiger partial charge in [0.2, 0.25) is 5.82 Å². The molecule has 1 aromatic rings. The van der Waals surface area contributed by atoms with Crippen molar-refractivity contribution in [2.24, 2.45) is 0 Å². The average molecular weight is 254 g/mol. The second-order valence-corrected chi connectivity index (χ2v) is 4.74. The Kier molecular flexibility index (Phi) is 4.69. The van der Waals surface area contributed by atoms with Crippen molar-refractivity contribution < 1.29 is 4.92 Å². The summed E-state index contributed by atoms with van der Waals surface area (Å²) in [5.41, 5.74) is 0.553. The van der Waals surface area contributed by atoms with E-state index in [4.69, 9.17) is 0 Å². The van der Waals surface area contributed by atoms with Crippen LogP contribution in [0, 0.1) is 17.0 Å². The zero-order valence-corrected chi connectivity index (χ0v) is 11.7. The van der Waals surface area contributed by atoms with Gasteiger partial charge in [-0.05, 0) is 33.6 Å². The summed E-state index contributed by atoms with van der Waals surface area (Å²) in [6, 6.07) is 0.326. The molecule has 0 aliphatic rings. The number of hydrogen-bond acceptors (Lipinski definition) is 4. The van der Waals surface area contributed by atoms with Gasteiger partial charge < -0.3 is 5.32 Å². The van der Waals surface area contributed by atoms with E-state index in [9.17, 15) is 10.1 Å². The van der Waals surface area contributed by atoms with Crippen molar-refractivity contribution in [3.8, 4) is 0 Å². The molecular formula is C12H22N4O2. The van der Waals surface area contributed by atoms with Crippen molar-refractivity contribution in [3.63, 3.8) is 0 Å². The number of nitro groups is 1. The van der Waals surface area contributed by atoms with Gasteiger partial charge in [-0.1, -0.05) is 13.8 Å². The Bertz CT molecular complexity index is 422. The smallest absolute Gasteiger partial charge is 0.333 e. The van der Waals surface area contributed by atoms with Gasteiger partial charge in [-0.2, -0.15) is 5.10 Å². The molecule has 0 amide bonds. The fourth-order valence-electron chi connectivity index (χ4n) is 1.95. The van der Waals surface area contributed by atoms with Crippen LogP contribution in [0.15, 0.2) is 0 Å². The molecule has 0 saturated carbocycles. The summed E-state index contributed by atoms with van der Waals surface area (Å²) in [4.78, 5) is 10.8. The quantitative estimate of drug-likeness (QED) is 0.624. The normalized spacial score (nSPS) is 11.3. The van der Waals surface area contributed by atoms with Gasteiger partial charge in [0.1, 0.15) is 5.69 Å². The van der Waals surface area contributed by atoms with Crippen LogP contribution >= 0.6 is 0 Å². The van der Waals surface area contributed by atoms with Crippen molar-refractivity contribution in [1.29, 1.82) is 0 Å². The fourth-order valence-corrected chi connectivity index (χ4v) is 1.95. The van der Waals surface area contributed by atoms with E-state index in [1.165, 1.54) is 0 Å². The van der Waals surface area contributed by atoms with Crippen LogP contribution in [-0.4, -0.2) is 20.7 Å². The molecular weight excluding hydrogens is 232 g/mol. The van der Waals surface area contributed by atoms with Crippen molar-refractivity contribution in [3.05, 3.63) is 15.8 Å². The highest BCUT2D eigenvalue weighted by Crippen LogP contribution is 2.31. The predicted molar refractivity (Wildman–Crippen MR) is 72.0 cm³/mol. The van der Waals surface area contributed by atoms with E-state index >= 15 is 0 Å². The van der Waals surface area contributed by atoms with Gasteiger partial charge in [0.15, 0.2) is 0 Å². The fraction of sp³-hybridized carbons (Fsp3) is 0.750. The summed E-state index contributed by atoms with van der Waals surface area (Å²) in [6.45, 7) is 9.74. The molecule has 0 fully saturated rings. The third kappa shape index (κ3) is 2.80. The first kappa shape index (κ1) is 14.5. The molecule has 1 N–H and O–H groups in total. The van der Waals surface area contributed by atoms with Gasteiger partial charge in [0.05, 0.1) is 4.92 Å². The maximum Gasteiger partial charge on any atom is 0.333 e. The Hall–Kier alpha value is -1.59. The van der Waals surface area contributed by atoms with Crippen LogP contribution in [0.1, 0.15) is 52.3 Å². The maximum atomic E-state index is 11.1. The summed E-state index contributed by atoms with van der Waals surface area (Å²) in [6.07, 6.45) is 1.85. The highest BCUT2D eigenvalue weighted by Gasteiger charge is 2.27. The molecule has 0 bridgehead atoms. The number of hydrogen-bond donors (Lipinski definition) is 1. The Morgan fingerprint density at radius 2 is 1.94 bits per heavy atom. The molecule has 0 saturated heterocycles. The highest BCUT2D eigenvalue weighted by atomic mass is 16.6. The summed E-state index contributed by atoms with van der Waals surface area (Å²) >= 11 is 0. The van der Waals surface area contributed by atoms with Crippen LogP contribution in [0.4, 0.5) is 11.5 Å². The largest absolute Gasteiger partial charge is 0.362 e. The van der Waals surface area contributed by atoms with Crippen LogP contribution in [-0.2, 0) is 0 Å². The summed E-state index contributed by atoms with van der Waals surface area (Å²) in [7, 11) is 0. The number of aryl methyl sites for hydroxylation is 1. The van der Waals surface area contributed by atoms with Crippen molar-refractivity contribution in [2.75, 3.05) is 5.32 Å². The number of anilines is 1. The zero-order valence-electron chi connectivity index (χ0n) is 11.7. The third-order valence-electron chi connectivity index (χ3n) is 3.05. The molecule has 6 nitrogen and oxygen atoms in total. The van der Waals surface area contributed by atoms with E-state index in [-0.39, 0.29) is 22.7 Å². The third-order valence-corrected chi connectivity index (χ3v) is 3.05. The summed E-state index contributed by atoms with van der Waals surface area (Å²) in [5, 5.41) is 18.7. The molecule has 102 valence electrons. The lowest BCUT2D eigenvalue weighted by molar-refractivity contribution is -0.384. The molecule has 6 heteroatoms. The SMILES string of the molecule is CCC(CC)Nc1c([N+](=O)[O-])c(C)nn1C(C)C. The molecule has 18 heavy (non-hydrogen) atoms. The van der Waals surface area contributed by atoms with Gasteiger partial charge in [-0.15, -0.1) is 0 Å². The average Bonchev–Trinajstić information content (AvgIpc) is 2.63. The van der Waals surface area contributed by atoms with Crippen LogP contribution in [0.25, 0.3) is 0 Å². The minimum absolute atomic E-state index is 0.0919. The zero-order chi connectivity index (χ0) is 13.9. The molecule has 1 heterocycles. The van der Waals surface area contributed by atoms with Gasteiger partial charge >= 0.3 is 5.69 Å². The first-order valence-electron chi connectivity index (χ1n) is 6.42. The second-order valence-electron chi connectivity index (χ2n) is 4.74. The molecule has 0 aliphatic heterocycles. The second kappa shape index (κ2) is 5.84. The first-order valence-corrected chi connectivity index (χ1v) is 6.42. The van der Waals surface area contributed by atoms with E-state index < -0.39 is 0 Å². The minimum Gasteiger partial charge on any atom is -0.362 e. The number of nitrogens with zero attached hydrogens (tertiary/aromatic N) is 3. The molecule has 0 unspecified atom stereocenters. The Morgan fingerprint density at radius 1 is 1.39 bits per heavy atom. The lowest BCUT2D eigenvalue weighted by Gasteiger charge is -2.18. The van der Waals surface area contributed by atoms with Crippen LogP contribution in [0.2, 0.25) is 0 Å². The van der Waals surface area contributed by atoms with Gasteiger partial charge in [-0.25, -0.2) is 4.68 Å². The van der Waals surface area contributed by atoms with Gasteiger partial charge in [-0.3, -0.25) is 10.1 Å². The van der Waals surface area contributed by atoms with Crippen molar-refractivity contribution >= 4 is 11.5 Å².